The Morgan fingerprint density at radius 1 is 1.13 bits per heavy atom. The summed E-state index contributed by atoms with van der Waals surface area (Å²) in [6.45, 7) is 1.28. The van der Waals surface area contributed by atoms with Gasteiger partial charge in [-0.2, -0.15) is 0 Å². The molecule has 0 radical (unpaired) electrons. The van der Waals surface area contributed by atoms with Gasteiger partial charge in [0.2, 0.25) is 0 Å². The van der Waals surface area contributed by atoms with Crippen molar-refractivity contribution in [2.45, 2.75) is 24.4 Å². The molecule has 0 saturated carbocycles. The molecule has 3 heterocycles. The molecule has 14 heteroatoms. The number of rotatable bonds is 11. The van der Waals surface area contributed by atoms with Crippen LogP contribution in [0.5, 0.6) is 0 Å². The topological polar surface area (TPSA) is 163 Å². The number of benzene rings is 2. The number of thiazole rings is 1. The van der Waals surface area contributed by atoms with Gasteiger partial charge in [-0.05, 0) is 22.8 Å². The second-order valence-corrected chi connectivity index (χ2v) is 11.7. The lowest BCUT2D eigenvalue weighted by Crippen LogP contribution is -2.71. The van der Waals surface area contributed by atoms with Gasteiger partial charge in [0, 0.05) is 18.1 Å². The summed E-state index contributed by atoms with van der Waals surface area (Å²) in [7, 11) is 1.29. The molecular formula is C31H29N5O7S2. The van der Waals surface area contributed by atoms with Crippen LogP contribution in [0.2, 0.25) is 0 Å². The maximum atomic E-state index is 14.0. The molecule has 3 N–H and O–H groups in total. The van der Waals surface area contributed by atoms with Crippen LogP contribution in [0.25, 0.3) is 0 Å². The number of oxime groups is 1. The molecule has 0 spiro atoms. The van der Waals surface area contributed by atoms with Crippen LogP contribution in [0.15, 0.2) is 94.6 Å². The van der Waals surface area contributed by atoms with Crippen molar-refractivity contribution >= 4 is 57.7 Å². The molecule has 0 bridgehead atoms. The average Bonchev–Trinajstić information content (AvgIpc) is 3.48. The van der Waals surface area contributed by atoms with E-state index in [1.807, 2.05) is 60.7 Å². The largest absolute Gasteiger partial charge is 0.462 e. The molecule has 2 aliphatic heterocycles. The quantitative estimate of drug-likeness (QED) is 0.137. The predicted molar refractivity (Wildman–Crippen MR) is 169 cm³/mol. The second kappa shape index (κ2) is 14.2. The third kappa shape index (κ3) is 7.07. The van der Waals surface area contributed by atoms with Crippen LogP contribution in [0, 0.1) is 0 Å². The zero-order valence-electron chi connectivity index (χ0n) is 24.2. The minimum Gasteiger partial charge on any atom is -0.462 e. The van der Waals surface area contributed by atoms with Gasteiger partial charge in [-0.15, -0.1) is 23.1 Å². The SMILES string of the molecule is CON=C(C(=O)NC1C(=O)N2C(C(=O)OC(c3ccccc3)c3ccccc3)=C(C=CCOC(C)=O)CS[C@@H]12)c1csc(N)n1. The number of fused-ring (bicyclic) bond motifs is 1. The summed E-state index contributed by atoms with van der Waals surface area (Å²) in [5.41, 5.74) is 7.83. The molecule has 1 aromatic heterocycles. The molecule has 2 aromatic carbocycles. The van der Waals surface area contributed by atoms with Crippen molar-refractivity contribution in [3.8, 4) is 0 Å². The number of esters is 2. The van der Waals surface area contributed by atoms with Crippen molar-refractivity contribution in [1.82, 2.24) is 15.2 Å². The van der Waals surface area contributed by atoms with E-state index in [9.17, 15) is 19.2 Å². The standard InChI is InChI=1S/C31H29N5O7S2/c1-18(37)42-15-9-14-21-16-44-29-24(34-27(38)23(35-41-2)22-17-45-31(32)33-22)28(39)36(29)25(21)30(40)43-26(19-10-5-3-6-11-19)20-12-7-4-8-13-20/h3-14,17,24,26,29H,15-16H2,1-2H3,(H2,32,33)(H,34,38)/t24?,29-/m0/s1. The van der Waals surface area contributed by atoms with Crippen LogP contribution in [0.4, 0.5) is 5.13 Å². The highest BCUT2D eigenvalue weighted by Crippen LogP contribution is 2.42. The highest BCUT2D eigenvalue weighted by atomic mass is 32.2. The first-order chi connectivity index (χ1) is 21.8. The van der Waals surface area contributed by atoms with E-state index in [0.717, 1.165) is 22.5 Å². The molecule has 1 fully saturated rings. The number of hydrogen-bond acceptors (Lipinski definition) is 12. The highest BCUT2D eigenvalue weighted by Gasteiger charge is 2.54. The van der Waals surface area contributed by atoms with Crippen molar-refractivity contribution in [2.24, 2.45) is 5.16 Å². The van der Waals surface area contributed by atoms with E-state index in [2.05, 4.69) is 15.5 Å². The molecule has 232 valence electrons. The van der Waals surface area contributed by atoms with Gasteiger partial charge in [-0.1, -0.05) is 71.9 Å². The molecule has 2 amide bonds. The van der Waals surface area contributed by atoms with Crippen molar-refractivity contribution < 1.29 is 33.5 Å². The van der Waals surface area contributed by atoms with Gasteiger partial charge in [-0.25, -0.2) is 9.78 Å². The molecule has 0 aliphatic carbocycles. The van der Waals surface area contributed by atoms with E-state index < -0.39 is 41.3 Å². The zero-order chi connectivity index (χ0) is 31.9. The number of nitrogens with zero attached hydrogens (tertiary/aromatic N) is 3. The smallest absolute Gasteiger partial charge is 0.356 e. The van der Waals surface area contributed by atoms with Crippen molar-refractivity contribution in [2.75, 3.05) is 25.2 Å². The monoisotopic (exact) mass is 647 g/mol. The minimum absolute atomic E-state index is 0.0126. The molecule has 1 saturated heterocycles. The molecule has 12 nitrogen and oxygen atoms in total. The fourth-order valence-electron chi connectivity index (χ4n) is 4.76. The van der Waals surface area contributed by atoms with E-state index in [4.69, 9.17) is 20.0 Å². The molecule has 2 aliphatic rings. The molecule has 45 heavy (non-hydrogen) atoms. The molecular weight excluding hydrogens is 619 g/mol. The summed E-state index contributed by atoms with van der Waals surface area (Å²) in [5.74, 6) is -2.06. The number of β-lactam (4-membered cyclic amide) rings is 1. The van der Waals surface area contributed by atoms with Gasteiger partial charge in [0.25, 0.3) is 11.8 Å². The number of thioether (sulfide) groups is 1. The van der Waals surface area contributed by atoms with E-state index in [1.165, 1.54) is 30.7 Å². The van der Waals surface area contributed by atoms with Crippen LogP contribution >= 0.6 is 23.1 Å². The Bertz CT molecular complexity index is 1630. The van der Waals surface area contributed by atoms with Crippen molar-refractivity contribution in [1.29, 1.82) is 0 Å². The van der Waals surface area contributed by atoms with E-state index >= 15 is 0 Å². The third-order valence-corrected chi connectivity index (χ3v) is 8.75. The maximum Gasteiger partial charge on any atom is 0.356 e. The van der Waals surface area contributed by atoms with Crippen LogP contribution in [-0.4, -0.2) is 70.2 Å². The predicted octanol–water partition coefficient (Wildman–Crippen LogP) is 3.18. The second-order valence-electron chi connectivity index (χ2n) is 9.74. The number of carbonyl (C=O) groups is 4. The fraction of sp³-hybridized carbons (Fsp3) is 0.226. The lowest BCUT2D eigenvalue weighted by atomic mass is 10.0. The Kier molecular flexibility index (Phi) is 9.95. The Morgan fingerprint density at radius 2 is 1.80 bits per heavy atom. The van der Waals surface area contributed by atoms with Gasteiger partial charge in [0.15, 0.2) is 16.9 Å². The number of anilines is 1. The van der Waals surface area contributed by atoms with Gasteiger partial charge in [-0.3, -0.25) is 19.3 Å². The Labute approximate surface area is 266 Å². The van der Waals surface area contributed by atoms with Gasteiger partial charge < -0.3 is 25.4 Å². The Morgan fingerprint density at radius 3 is 2.38 bits per heavy atom. The summed E-state index contributed by atoms with van der Waals surface area (Å²) >= 11 is 2.49. The van der Waals surface area contributed by atoms with E-state index in [0.29, 0.717) is 11.3 Å². The lowest BCUT2D eigenvalue weighted by Gasteiger charge is -2.49. The number of aromatic nitrogens is 1. The first-order valence-electron chi connectivity index (χ1n) is 13.7. The lowest BCUT2D eigenvalue weighted by molar-refractivity contribution is -0.154. The summed E-state index contributed by atoms with van der Waals surface area (Å²) < 4.78 is 11.1. The Hall–Kier alpha value is -4.95. The van der Waals surface area contributed by atoms with Crippen LogP contribution in [-0.2, 0) is 33.5 Å². The molecule has 1 unspecified atom stereocenters. The number of nitrogens with one attached hydrogen (secondary N) is 1. The first kappa shape index (κ1) is 31.5. The van der Waals surface area contributed by atoms with Crippen LogP contribution in [0.3, 0.4) is 0 Å². The molecule has 3 aromatic rings. The fourth-order valence-corrected chi connectivity index (χ4v) is 6.63. The summed E-state index contributed by atoms with van der Waals surface area (Å²) in [4.78, 5) is 62.3. The number of carbonyl (C=O) groups excluding carboxylic acids is 4. The number of hydrogen-bond donors (Lipinski definition) is 2. The summed E-state index contributed by atoms with van der Waals surface area (Å²) in [6.07, 6.45) is 2.47. The third-order valence-electron chi connectivity index (χ3n) is 6.77. The number of allylic oxidation sites excluding steroid dienone is 1. The zero-order valence-corrected chi connectivity index (χ0v) is 25.9. The van der Waals surface area contributed by atoms with Crippen molar-refractivity contribution in [3.63, 3.8) is 0 Å². The minimum atomic E-state index is -0.964. The number of ether oxygens (including phenoxy) is 2. The highest BCUT2D eigenvalue weighted by molar-refractivity contribution is 8.00. The molecule has 2 atom stereocenters. The van der Waals surface area contributed by atoms with Gasteiger partial charge in [0.05, 0.1) is 0 Å². The van der Waals surface area contributed by atoms with E-state index in [1.54, 1.807) is 17.5 Å². The summed E-state index contributed by atoms with van der Waals surface area (Å²) in [6, 6.07) is 17.6. The maximum absolute atomic E-state index is 14.0. The number of nitrogens with two attached hydrogens (primary N) is 1. The number of amides is 2. The normalized spacial score (nSPS) is 18.0. The number of nitrogen functional groups attached to an aromatic ring is 1. The molecule has 5 rings (SSSR count). The van der Waals surface area contributed by atoms with Crippen molar-refractivity contribution in [3.05, 3.63) is 106 Å². The van der Waals surface area contributed by atoms with E-state index in [-0.39, 0.29) is 28.8 Å². The van der Waals surface area contributed by atoms with Gasteiger partial charge >= 0.3 is 11.9 Å². The van der Waals surface area contributed by atoms with Gasteiger partial charge in [0.1, 0.15) is 36.5 Å². The van der Waals surface area contributed by atoms with Crippen LogP contribution < -0.4 is 11.1 Å². The van der Waals surface area contributed by atoms with Crippen LogP contribution in [0.1, 0.15) is 29.8 Å². The summed E-state index contributed by atoms with van der Waals surface area (Å²) in [5, 5.41) is 7.67. The Balaban J connectivity index is 1.43. The first-order valence-corrected chi connectivity index (χ1v) is 15.6. The average molecular weight is 648 g/mol.